The Bertz CT molecular complexity index is 457. The Labute approximate surface area is 98.9 Å². The van der Waals surface area contributed by atoms with E-state index >= 15 is 0 Å². The second kappa shape index (κ2) is 6.04. The molecule has 0 radical (unpaired) electrons. The predicted molar refractivity (Wildman–Crippen MR) is 60.7 cm³/mol. The largest absolute Gasteiger partial charge is 0.313 e. The van der Waals surface area contributed by atoms with Crippen LogP contribution < -0.4 is 10.5 Å². The van der Waals surface area contributed by atoms with E-state index in [9.17, 15) is 17.2 Å². The highest BCUT2D eigenvalue weighted by Gasteiger charge is 2.02. The second-order valence-electron chi connectivity index (χ2n) is 3.68. The molecule has 0 atom stereocenters. The fourth-order valence-corrected chi connectivity index (χ4v) is 1.89. The molecule has 0 aliphatic rings. The third kappa shape index (κ3) is 6.30. The van der Waals surface area contributed by atoms with Gasteiger partial charge >= 0.3 is 0 Å². The summed E-state index contributed by atoms with van der Waals surface area (Å²) >= 11 is 0. The first-order chi connectivity index (χ1) is 7.87. The van der Waals surface area contributed by atoms with Gasteiger partial charge in [0.05, 0.1) is 5.75 Å². The average Bonchev–Trinajstić information content (AvgIpc) is 2.13. The van der Waals surface area contributed by atoms with Crippen LogP contribution >= 0.6 is 0 Å². The summed E-state index contributed by atoms with van der Waals surface area (Å²) in [5.74, 6) is -1.38. The van der Waals surface area contributed by atoms with Crippen LogP contribution in [0.1, 0.15) is 12.0 Å². The maximum Gasteiger partial charge on any atom is 0.209 e. The SMILES string of the molecule is NS(=O)(=O)CCCNCc1cc(F)cc(F)c1. The third-order valence-electron chi connectivity index (χ3n) is 2.03. The molecule has 17 heavy (non-hydrogen) atoms. The Balaban J connectivity index is 2.31. The number of hydrogen-bond donors (Lipinski definition) is 2. The van der Waals surface area contributed by atoms with Gasteiger partial charge in [-0.1, -0.05) is 0 Å². The van der Waals surface area contributed by atoms with Crippen molar-refractivity contribution in [2.45, 2.75) is 13.0 Å². The lowest BCUT2D eigenvalue weighted by Gasteiger charge is -2.04. The zero-order chi connectivity index (χ0) is 12.9. The molecule has 0 bridgehead atoms. The quantitative estimate of drug-likeness (QED) is 0.744. The number of hydrogen-bond acceptors (Lipinski definition) is 3. The number of nitrogens with one attached hydrogen (secondary N) is 1. The number of nitrogens with two attached hydrogens (primary N) is 1. The molecule has 96 valence electrons. The molecule has 0 amide bonds. The van der Waals surface area contributed by atoms with Crippen LogP contribution in [0, 0.1) is 11.6 Å². The van der Waals surface area contributed by atoms with Crippen molar-refractivity contribution in [1.82, 2.24) is 5.32 Å². The van der Waals surface area contributed by atoms with Gasteiger partial charge in [0.2, 0.25) is 10.0 Å². The van der Waals surface area contributed by atoms with Crippen LogP contribution in [0.15, 0.2) is 18.2 Å². The van der Waals surface area contributed by atoms with Crippen LogP contribution in [0.25, 0.3) is 0 Å². The highest BCUT2D eigenvalue weighted by atomic mass is 32.2. The van der Waals surface area contributed by atoms with E-state index in [1.165, 1.54) is 12.1 Å². The summed E-state index contributed by atoms with van der Waals surface area (Å²) in [5, 5.41) is 7.69. The van der Waals surface area contributed by atoms with Crippen LogP contribution in [0.5, 0.6) is 0 Å². The van der Waals surface area contributed by atoms with E-state index in [0.29, 0.717) is 18.5 Å². The Kier molecular flexibility index (Phi) is 4.98. The molecule has 0 heterocycles. The molecule has 4 nitrogen and oxygen atoms in total. The molecular weight excluding hydrogens is 250 g/mol. The summed E-state index contributed by atoms with van der Waals surface area (Å²) < 4.78 is 46.8. The van der Waals surface area contributed by atoms with E-state index in [4.69, 9.17) is 5.14 Å². The lowest BCUT2D eigenvalue weighted by molar-refractivity contribution is 0.574. The lowest BCUT2D eigenvalue weighted by Crippen LogP contribution is -2.22. The third-order valence-corrected chi connectivity index (χ3v) is 2.89. The predicted octanol–water partition coefficient (Wildman–Crippen LogP) is 0.733. The summed E-state index contributed by atoms with van der Waals surface area (Å²) in [7, 11) is -3.44. The van der Waals surface area contributed by atoms with Crippen molar-refractivity contribution in [1.29, 1.82) is 0 Å². The first-order valence-corrected chi connectivity index (χ1v) is 6.74. The summed E-state index contributed by atoms with van der Waals surface area (Å²) in [4.78, 5) is 0. The Morgan fingerprint density at radius 3 is 2.29 bits per heavy atom. The minimum atomic E-state index is -3.44. The topological polar surface area (TPSA) is 72.2 Å². The van der Waals surface area contributed by atoms with Gasteiger partial charge in [0, 0.05) is 12.6 Å². The number of benzene rings is 1. The van der Waals surface area contributed by atoms with E-state index in [0.717, 1.165) is 6.07 Å². The maximum absolute atomic E-state index is 12.8. The Morgan fingerprint density at radius 2 is 1.76 bits per heavy atom. The summed E-state index contributed by atoms with van der Waals surface area (Å²) in [5.41, 5.74) is 0.470. The molecule has 3 N–H and O–H groups in total. The van der Waals surface area contributed by atoms with Crippen molar-refractivity contribution in [2.24, 2.45) is 5.14 Å². The Morgan fingerprint density at radius 1 is 1.18 bits per heavy atom. The zero-order valence-corrected chi connectivity index (χ0v) is 9.93. The monoisotopic (exact) mass is 264 g/mol. The van der Waals surface area contributed by atoms with E-state index < -0.39 is 21.7 Å². The van der Waals surface area contributed by atoms with Crippen molar-refractivity contribution in [3.8, 4) is 0 Å². The summed E-state index contributed by atoms with van der Waals surface area (Å²) in [6.07, 6.45) is 0.358. The van der Waals surface area contributed by atoms with Crippen LogP contribution in [0.3, 0.4) is 0 Å². The van der Waals surface area contributed by atoms with E-state index in [1.54, 1.807) is 0 Å². The maximum atomic E-state index is 12.8. The standard InChI is InChI=1S/C10H14F2N2O2S/c11-9-4-8(5-10(12)6-9)7-14-2-1-3-17(13,15)16/h4-6,14H,1-3,7H2,(H2,13,15,16). The van der Waals surface area contributed by atoms with Crippen molar-refractivity contribution in [2.75, 3.05) is 12.3 Å². The number of sulfonamides is 1. The van der Waals surface area contributed by atoms with Crippen LogP contribution in [0.4, 0.5) is 8.78 Å². The second-order valence-corrected chi connectivity index (χ2v) is 5.41. The molecule has 0 unspecified atom stereocenters. The highest BCUT2D eigenvalue weighted by molar-refractivity contribution is 7.89. The van der Waals surface area contributed by atoms with Crippen LogP contribution in [0.2, 0.25) is 0 Å². The van der Waals surface area contributed by atoms with Gasteiger partial charge in [-0.3, -0.25) is 0 Å². The molecule has 0 saturated carbocycles. The zero-order valence-electron chi connectivity index (χ0n) is 9.12. The normalized spacial score (nSPS) is 11.7. The van der Waals surface area contributed by atoms with Gasteiger partial charge in [-0.05, 0) is 30.7 Å². The lowest BCUT2D eigenvalue weighted by atomic mass is 10.2. The van der Waals surface area contributed by atoms with Crippen molar-refractivity contribution in [3.63, 3.8) is 0 Å². The minimum absolute atomic E-state index is 0.114. The van der Waals surface area contributed by atoms with Crippen LogP contribution in [-0.2, 0) is 16.6 Å². The molecule has 1 aromatic rings. The van der Waals surface area contributed by atoms with Gasteiger partial charge in [-0.2, -0.15) is 0 Å². The van der Waals surface area contributed by atoms with Crippen LogP contribution in [-0.4, -0.2) is 20.7 Å². The number of rotatable bonds is 6. The van der Waals surface area contributed by atoms with Gasteiger partial charge in [0.25, 0.3) is 0 Å². The molecule has 0 fully saturated rings. The molecule has 1 aromatic carbocycles. The molecule has 7 heteroatoms. The molecule has 1 rings (SSSR count). The molecular formula is C10H14F2N2O2S. The number of primary sulfonamides is 1. The van der Waals surface area contributed by atoms with Gasteiger partial charge in [0.1, 0.15) is 11.6 Å². The summed E-state index contributed by atoms with van der Waals surface area (Å²) in [6.45, 7) is 0.688. The van der Waals surface area contributed by atoms with E-state index in [2.05, 4.69) is 5.32 Å². The minimum Gasteiger partial charge on any atom is -0.313 e. The Hall–Kier alpha value is -1.05. The van der Waals surface area contributed by atoms with Crippen molar-refractivity contribution >= 4 is 10.0 Å². The first kappa shape index (κ1) is 14.0. The molecule has 0 aromatic heterocycles. The van der Waals surface area contributed by atoms with Gasteiger partial charge in [-0.25, -0.2) is 22.3 Å². The average molecular weight is 264 g/mol. The van der Waals surface area contributed by atoms with Crippen molar-refractivity contribution < 1.29 is 17.2 Å². The van der Waals surface area contributed by atoms with E-state index in [-0.39, 0.29) is 12.3 Å². The molecule has 0 saturated heterocycles. The van der Waals surface area contributed by atoms with Gasteiger partial charge < -0.3 is 5.32 Å². The van der Waals surface area contributed by atoms with Crippen molar-refractivity contribution in [3.05, 3.63) is 35.4 Å². The summed E-state index contributed by atoms with van der Waals surface area (Å²) in [6, 6.07) is 3.23. The smallest absolute Gasteiger partial charge is 0.209 e. The highest BCUT2D eigenvalue weighted by Crippen LogP contribution is 2.07. The molecule has 0 aliphatic carbocycles. The first-order valence-electron chi connectivity index (χ1n) is 5.03. The van der Waals surface area contributed by atoms with E-state index in [1.807, 2.05) is 0 Å². The fraction of sp³-hybridized carbons (Fsp3) is 0.400. The fourth-order valence-electron chi connectivity index (χ4n) is 1.34. The van der Waals surface area contributed by atoms with Gasteiger partial charge in [-0.15, -0.1) is 0 Å². The number of halogens is 2. The molecule has 0 spiro atoms. The molecule has 0 aliphatic heterocycles. The van der Waals surface area contributed by atoms with Gasteiger partial charge in [0.15, 0.2) is 0 Å².